The minimum atomic E-state index is -0.0822. The summed E-state index contributed by atoms with van der Waals surface area (Å²) >= 11 is 0. The lowest BCUT2D eigenvalue weighted by atomic mass is 10.00. The van der Waals surface area contributed by atoms with Gasteiger partial charge in [0.2, 0.25) is 11.8 Å². The van der Waals surface area contributed by atoms with Crippen molar-refractivity contribution in [3.05, 3.63) is 0 Å². The molecule has 0 aliphatic carbocycles. The molecule has 4 heteroatoms. The minimum Gasteiger partial charge on any atom is -0.315 e. The molecule has 4 nitrogen and oxygen atoms in total. The van der Waals surface area contributed by atoms with Gasteiger partial charge < -0.3 is 5.32 Å². The number of hydrogen-bond donors (Lipinski definition) is 1. The van der Waals surface area contributed by atoms with Crippen molar-refractivity contribution >= 4 is 11.8 Å². The van der Waals surface area contributed by atoms with Gasteiger partial charge in [-0.05, 0) is 5.92 Å². The van der Waals surface area contributed by atoms with Crippen LogP contribution in [0.25, 0.3) is 0 Å². The third-order valence-electron chi connectivity index (χ3n) is 2.93. The summed E-state index contributed by atoms with van der Waals surface area (Å²) in [6.07, 6.45) is 0. The molecule has 2 heterocycles. The van der Waals surface area contributed by atoms with Crippen LogP contribution in [-0.4, -0.2) is 36.3 Å². The van der Waals surface area contributed by atoms with Gasteiger partial charge in [-0.15, -0.1) is 0 Å². The standard InChI is InChI=1S/C10H16N2O2/c1-6(2)5-12-9(13)7-3-11-4-8(7)10(12)14/h6-8,11H,3-5H2,1-2H3/t7-,8-/m1/s1. The summed E-state index contributed by atoms with van der Waals surface area (Å²) in [6.45, 7) is 5.96. The molecule has 2 rings (SSSR count). The maximum atomic E-state index is 11.8. The van der Waals surface area contributed by atoms with Gasteiger partial charge in [0.1, 0.15) is 0 Å². The average molecular weight is 196 g/mol. The Hall–Kier alpha value is -0.900. The van der Waals surface area contributed by atoms with Crippen molar-refractivity contribution in [3.8, 4) is 0 Å². The lowest BCUT2D eigenvalue weighted by Gasteiger charge is -2.17. The Morgan fingerprint density at radius 3 is 2.21 bits per heavy atom. The summed E-state index contributed by atoms with van der Waals surface area (Å²) in [6, 6.07) is 0. The molecule has 14 heavy (non-hydrogen) atoms. The first-order chi connectivity index (χ1) is 6.61. The SMILES string of the molecule is CC(C)CN1C(=O)[C@@H]2CNC[C@H]2C1=O. The first kappa shape index (κ1) is 9.65. The topological polar surface area (TPSA) is 49.4 Å². The number of nitrogens with one attached hydrogen (secondary N) is 1. The van der Waals surface area contributed by atoms with Crippen molar-refractivity contribution in [1.29, 1.82) is 0 Å². The maximum absolute atomic E-state index is 11.8. The van der Waals surface area contributed by atoms with E-state index in [9.17, 15) is 9.59 Å². The molecular formula is C10H16N2O2. The van der Waals surface area contributed by atoms with E-state index < -0.39 is 0 Å². The zero-order chi connectivity index (χ0) is 10.3. The Balaban J connectivity index is 2.13. The Morgan fingerprint density at radius 1 is 1.29 bits per heavy atom. The lowest BCUT2D eigenvalue weighted by Crippen LogP contribution is -2.37. The van der Waals surface area contributed by atoms with Crippen molar-refractivity contribution in [3.63, 3.8) is 0 Å². The highest BCUT2D eigenvalue weighted by molar-refractivity contribution is 6.05. The van der Waals surface area contributed by atoms with Gasteiger partial charge in [-0.2, -0.15) is 0 Å². The monoisotopic (exact) mass is 196 g/mol. The largest absolute Gasteiger partial charge is 0.315 e. The second-order valence-electron chi connectivity index (χ2n) is 4.55. The summed E-state index contributed by atoms with van der Waals surface area (Å²) in [5, 5.41) is 3.09. The third kappa shape index (κ3) is 1.34. The number of amides is 2. The maximum Gasteiger partial charge on any atom is 0.234 e. The smallest absolute Gasteiger partial charge is 0.234 e. The Kier molecular flexibility index (Phi) is 2.31. The van der Waals surface area contributed by atoms with Crippen LogP contribution in [0, 0.1) is 17.8 Å². The summed E-state index contributed by atoms with van der Waals surface area (Å²) in [5.41, 5.74) is 0. The number of hydrogen-bond acceptors (Lipinski definition) is 3. The van der Waals surface area contributed by atoms with Gasteiger partial charge in [0.15, 0.2) is 0 Å². The number of carbonyl (C=O) groups excluding carboxylic acids is 2. The molecule has 2 fully saturated rings. The van der Waals surface area contributed by atoms with Gasteiger partial charge in [-0.3, -0.25) is 14.5 Å². The van der Waals surface area contributed by atoms with E-state index >= 15 is 0 Å². The quantitative estimate of drug-likeness (QED) is 0.625. The molecule has 0 bridgehead atoms. The molecule has 0 aromatic heterocycles. The van der Waals surface area contributed by atoms with Crippen LogP contribution in [-0.2, 0) is 9.59 Å². The van der Waals surface area contributed by atoms with Crippen molar-refractivity contribution in [1.82, 2.24) is 10.2 Å². The van der Waals surface area contributed by atoms with E-state index in [0.29, 0.717) is 25.6 Å². The molecule has 2 atom stereocenters. The molecule has 78 valence electrons. The van der Waals surface area contributed by atoms with E-state index in [4.69, 9.17) is 0 Å². The third-order valence-corrected chi connectivity index (χ3v) is 2.93. The molecule has 1 N–H and O–H groups in total. The molecule has 2 aliphatic rings. The molecular weight excluding hydrogens is 180 g/mol. The van der Waals surface area contributed by atoms with Crippen molar-refractivity contribution in [2.75, 3.05) is 19.6 Å². The minimum absolute atomic E-state index is 0.0266. The molecule has 0 saturated carbocycles. The van der Waals surface area contributed by atoms with E-state index in [1.165, 1.54) is 4.90 Å². The average Bonchev–Trinajstić information content (AvgIpc) is 2.65. The summed E-state index contributed by atoms with van der Waals surface area (Å²) < 4.78 is 0. The second kappa shape index (κ2) is 3.35. The Morgan fingerprint density at radius 2 is 1.79 bits per heavy atom. The number of nitrogens with zero attached hydrogens (tertiary/aromatic N) is 1. The van der Waals surface area contributed by atoms with E-state index in [0.717, 1.165) is 0 Å². The summed E-state index contributed by atoms with van der Waals surface area (Å²) in [5.74, 6) is 0.245. The number of rotatable bonds is 2. The number of fused-ring (bicyclic) bond motifs is 1. The van der Waals surface area contributed by atoms with Gasteiger partial charge in [0, 0.05) is 19.6 Å². The van der Waals surface area contributed by atoms with E-state index in [1.807, 2.05) is 13.8 Å². The van der Waals surface area contributed by atoms with Crippen LogP contribution in [0.1, 0.15) is 13.8 Å². The zero-order valence-corrected chi connectivity index (χ0v) is 8.62. The first-order valence-corrected chi connectivity index (χ1v) is 5.17. The highest BCUT2D eigenvalue weighted by atomic mass is 16.2. The predicted molar refractivity (Wildman–Crippen MR) is 51.4 cm³/mol. The predicted octanol–water partition coefficient (Wildman–Crippen LogP) is -0.153. The fraction of sp³-hybridized carbons (Fsp3) is 0.800. The Bertz CT molecular complexity index is 253. The molecule has 2 saturated heterocycles. The second-order valence-corrected chi connectivity index (χ2v) is 4.55. The number of likely N-dealkylation sites (tertiary alicyclic amines) is 1. The van der Waals surface area contributed by atoms with Crippen molar-refractivity contribution in [2.45, 2.75) is 13.8 Å². The fourth-order valence-electron chi connectivity index (χ4n) is 2.25. The molecule has 0 aromatic rings. The van der Waals surface area contributed by atoms with Crippen molar-refractivity contribution < 1.29 is 9.59 Å². The molecule has 2 aliphatic heterocycles. The zero-order valence-electron chi connectivity index (χ0n) is 8.62. The summed E-state index contributed by atoms with van der Waals surface area (Å²) in [7, 11) is 0. The lowest BCUT2D eigenvalue weighted by molar-refractivity contribution is -0.140. The van der Waals surface area contributed by atoms with Crippen LogP contribution in [0.5, 0.6) is 0 Å². The van der Waals surface area contributed by atoms with Crippen LogP contribution in [0.3, 0.4) is 0 Å². The van der Waals surface area contributed by atoms with E-state index in [1.54, 1.807) is 0 Å². The molecule has 0 spiro atoms. The summed E-state index contributed by atoms with van der Waals surface area (Å²) in [4.78, 5) is 25.0. The van der Waals surface area contributed by atoms with Gasteiger partial charge in [-0.25, -0.2) is 0 Å². The van der Waals surface area contributed by atoms with Gasteiger partial charge >= 0.3 is 0 Å². The first-order valence-electron chi connectivity index (χ1n) is 5.17. The fourth-order valence-corrected chi connectivity index (χ4v) is 2.25. The molecule has 0 aromatic carbocycles. The highest BCUT2D eigenvalue weighted by Crippen LogP contribution is 2.29. The van der Waals surface area contributed by atoms with Crippen LogP contribution < -0.4 is 5.32 Å². The Labute approximate surface area is 83.6 Å². The van der Waals surface area contributed by atoms with Gasteiger partial charge in [0.25, 0.3) is 0 Å². The molecule has 0 radical (unpaired) electrons. The normalized spacial score (nSPS) is 31.8. The van der Waals surface area contributed by atoms with Crippen LogP contribution in [0.15, 0.2) is 0 Å². The van der Waals surface area contributed by atoms with Crippen LogP contribution in [0.4, 0.5) is 0 Å². The van der Waals surface area contributed by atoms with Crippen LogP contribution >= 0.6 is 0 Å². The van der Waals surface area contributed by atoms with E-state index in [-0.39, 0.29) is 23.7 Å². The molecule has 0 unspecified atom stereocenters. The van der Waals surface area contributed by atoms with Crippen molar-refractivity contribution in [2.24, 2.45) is 17.8 Å². The van der Waals surface area contributed by atoms with Gasteiger partial charge in [0.05, 0.1) is 11.8 Å². The molecule has 2 amide bonds. The number of carbonyl (C=O) groups is 2. The highest BCUT2D eigenvalue weighted by Gasteiger charge is 2.49. The van der Waals surface area contributed by atoms with Gasteiger partial charge in [-0.1, -0.05) is 13.8 Å². The van der Waals surface area contributed by atoms with E-state index in [2.05, 4.69) is 5.32 Å². The van der Waals surface area contributed by atoms with Crippen LogP contribution in [0.2, 0.25) is 0 Å². The number of imide groups is 1.